The third kappa shape index (κ3) is 4.19. The molecule has 3 rings (SSSR count). The van der Waals surface area contributed by atoms with Crippen LogP contribution in [0.15, 0.2) is 39.0 Å². The Hall–Kier alpha value is -2.68. The summed E-state index contributed by atoms with van der Waals surface area (Å²) in [6, 6.07) is 5.35. The molecule has 3 aromatic rings. The molecule has 154 valence electrons. The molecule has 0 N–H and O–H groups in total. The van der Waals surface area contributed by atoms with Gasteiger partial charge in [0.05, 0.1) is 5.75 Å². The van der Waals surface area contributed by atoms with Crippen LogP contribution in [-0.2, 0) is 20.6 Å². The number of carbonyl (C=O) groups is 1. The monoisotopic (exact) mass is 418 g/mol. The minimum absolute atomic E-state index is 0.0816. The fraction of sp³-hybridized carbons (Fsp3) is 0.400. The average molecular weight is 418 g/mol. The van der Waals surface area contributed by atoms with Crippen LogP contribution in [-0.4, -0.2) is 30.2 Å². The smallest absolute Gasteiger partial charge is 0.316 e. The fourth-order valence-corrected chi connectivity index (χ4v) is 3.85. The first-order valence-electron chi connectivity index (χ1n) is 9.28. The summed E-state index contributed by atoms with van der Waals surface area (Å²) in [6.45, 7) is 4.41. The van der Waals surface area contributed by atoms with Gasteiger partial charge in [0.2, 0.25) is 0 Å². The molecule has 0 atom stereocenters. The summed E-state index contributed by atoms with van der Waals surface area (Å²) >= 11 is 1.17. The first kappa shape index (κ1) is 21.0. The zero-order chi connectivity index (χ0) is 21.3. The summed E-state index contributed by atoms with van der Waals surface area (Å²) in [5.41, 5.74) is 0.240. The molecule has 2 aromatic heterocycles. The number of aromatic nitrogens is 4. The van der Waals surface area contributed by atoms with Gasteiger partial charge in [-0.05, 0) is 36.6 Å². The van der Waals surface area contributed by atoms with Gasteiger partial charge >= 0.3 is 5.69 Å². The highest BCUT2D eigenvalue weighted by Gasteiger charge is 2.19. The quantitative estimate of drug-likeness (QED) is 0.435. The predicted molar refractivity (Wildman–Crippen MR) is 111 cm³/mol. The molecule has 1 aromatic carbocycles. The minimum atomic E-state index is -0.404. The lowest BCUT2D eigenvalue weighted by Crippen LogP contribution is -2.39. The van der Waals surface area contributed by atoms with Crippen molar-refractivity contribution in [3.63, 3.8) is 0 Å². The number of carbonyl (C=O) groups excluding carboxylic acids is 1. The minimum Gasteiger partial charge on any atom is -0.316 e. The van der Waals surface area contributed by atoms with Crippen LogP contribution in [0.4, 0.5) is 4.39 Å². The van der Waals surface area contributed by atoms with Crippen molar-refractivity contribution in [3.05, 3.63) is 56.5 Å². The molecule has 0 spiro atoms. The van der Waals surface area contributed by atoms with E-state index in [-0.39, 0.29) is 17.1 Å². The highest BCUT2D eigenvalue weighted by atomic mass is 32.2. The molecule has 0 saturated carbocycles. The van der Waals surface area contributed by atoms with Gasteiger partial charge < -0.3 is 4.57 Å². The van der Waals surface area contributed by atoms with Crippen molar-refractivity contribution >= 4 is 28.7 Å². The molecule has 0 aliphatic carbocycles. The van der Waals surface area contributed by atoms with Gasteiger partial charge in [-0.1, -0.05) is 25.6 Å². The topological polar surface area (TPSA) is 78.9 Å². The van der Waals surface area contributed by atoms with Crippen LogP contribution in [0.1, 0.15) is 30.6 Å². The van der Waals surface area contributed by atoms with E-state index in [2.05, 4.69) is 4.98 Å². The molecule has 0 bridgehead atoms. The van der Waals surface area contributed by atoms with Crippen molar-refractivity contribution in [2.45, 2.75) is 32.0 Å². The van der Waals surface area contributed by atoms with E-state index in [0.717, 1.165) is 0 Å². The van der Waals surface area contributed by atoms with Crippen LogP contribution in [0.5, 0.6) is 0 Å². The number of halogens is 1. The van der Waals surface area contributed by atoms with E-state index >= 15 is 0 Å². The molecule has 0 amide bonds. The van der Waals surface area contributed by atoms with Gasteiger partial charge in [0, 0.05) is 26.2 Å². The van der Waals surface area contributed by atoms with Gasteiger partial charge in [-0.2, -0.15) is 0 Å². The number of nitrogens with zero attached hydrogens (tertiary/aromatic N) is 4. The van der Waals surface area contributed by atoms with Gasteiger partial charge in [-0.15, -0.1) is 0 Å². The van der Waals surface area contributed by atoms with E-state index in [9.17, 15) is 18.8 Å². The molecule has 0 unspecified atom stereocenters. The highest BCUT2D eigenvalue weighted by Crippen LogP contribution is 2.21. The molecule has 0 fully saturated rings. The van der Waals surface area contributed by atoms with Gasteiger partial charge in [-0.25, -0.2) is 14.2 Å². The van der Waals surface area contributed by atoms with Gasteiger partial charge in [0.1, 0.15) is 5.82 Å². The number of benzene rings is 1. The Bertz CT molecular complexity index is 1180. The van der Waals surface area contributed by atoms with Crippen LogP contribution < -0.4 is 11.2 Å². The molecule has 0 aliphatic heterocycles. The predicted octanol–water partition coefficient (Wildman–Crippen LogP) is 2.59. The second-order valence-corrected chi connectivity index (χ2v) is 8.27. The molecule has 0 radical (unpaired) electrons. The maximum absolute atomic E-state index is 13.0. The Morgan fingerprint density at radius 2 is 1.79 bits per heavy atom. The number of imidazole rings is 1. The number of hydrogen-bond acceptors (Lipinski definition) is 5. The van der Waals surface area contributed by atoms with Gasteiger partial charge in [0.15, 0.2) is 22.1 Å². The zero-order valence-electron chi connectivity index (χ0n) is 16.8. The second kappa shape index (κ2) is 8.36. The lowest BCUT2D eigenvalue weighted by molar-refractivity contribution is 0.102. The average Bonchev–Trinajstić information content (AvgIpc) is 3.01. The van der Waals surface area contributed by atoms with Gasteiger partial charge in [-0.3, -0.25) is 18.7 Å². The molecule has 29 heavy (non-hydrogen) atoms. The first-order chi connectivity index (χ1) is 13.7. The van der Waals surface area contributed by atoms with Crippen molar-refractivity contribution in [1.29, 1.82) is 0 Å². The van der Waals surface area contributed by atoms with Crippen LogP contribution in [0, 0.1) is 11.7 Å². The number of hydrogen-bond donors (Lipinski definition) is 0. The number of Topliss-reactive ketones (excluding diaryl/α,β-unsaturated/α-hetero) is 1. The van der Waals surface area contributed by atoms with E-state index in [1.54, 1.807) is 18.7 Å². The Labute approximate surface area is 171 Å². The Balaban J connectivity index is 1.93. The largest absolute Gasteiger partial charge is 0.332 e. The second-order valence-electron chi connectivity index (χ2n) is 7.33. The Kier molecular flexibility index (Phi) is 6.07. The molecule has 7 nitrogen and oxygen atoms in total. The summed E-state index contributed by atoms with van der Waals surface area (Å²) in [5, 5.41) is 0.462. The van der Waals surface area contributed by atoms with Crippen molar-refractivity contribution < 1.29 is 9.18 Å². The Morgan fingerprint density at radius 3 is 2.41 bits per heavy atom. The van der Waals surface area contributed by atoms with Crippen LogP contribution in [0.25, 0.3) is 11.2 Å². The molecular formula is C20H23FN4O3S. The van der Waals surface area contributed by atoms with Crippen LogP contribution in [0.2, 0.25) is 0 Å². The third-order valence-corrected chi connectivity index (χ3v) is 5.78. The summed E-state index contributed by atoms with van der Waals surface area (Å²) in [6.07, 6.45) is 0.715. The summed E-state index contributed by atoms with van der Waals surface area (Å²) in [4.78, 5) is 42.3. The Morgan fingerprint density at radius 1 is 1.14 bits per heavy atom. The number of rotatable bonds is 7. The van der Waals surface area contributed by atoms with Crippen LogP contribution in [0.3, 0.4) is 0 Å². The molecule has 2 heterocycles. The van der Waals surface area contributed by atoms with E-state index in [1.807, 2.05) is 13.8 Å². The maximum Gasteiger partial charge on any atom is 0.332 e. The molecule has 0 saturated heterocycles. The standard InChI is InChI=1S/C20H23FN4O3S/c1-12(2)9-10-25-18(27)16-17(24(4)20(25)28)22-19(23(16)3)29-11-15(26)13-5-7-14(21)8-6-13/h5-8,12H,9-11H2,1-4H3. The molecule has 0 aliphatic rings. The van der Waals surface area contributed by atoms with Crippen molar-refractivity contribution in [1.82, 2.24) is 18.7 Å². The number of ketones is 1. The lowest BCUT2D eigenvalue weighted by Gasteiger charge is -2.09. The summed E-state index contributed by atoms with van der Waals surface area (Å²) < 4.78 is 17.2. The lowest BCUT2D eigenvalue weighted by atomic mass is 10.1. The van der Waals surface area contributed by atoms with Gasteiger partial charge in [0.25, 0.3) is 5.56 Å². The van der Waals surface area contributed by atoms with Crippen molar-refractivity contribution in [3.8, 4) is 0 Å². The van der Waals surface area contributed by atoms with E-state index in [1.165, 1.54) is 45.2 Å². The van der Waals surface area contributed by atoms with E-state index in [0.29, 0.717) is 40.8 Å². The summed E-state index contributed by atoms with van der Waals surface area (Å²) in [7, 11) is 3.28. The van der Waals surface area contributed by atoms with Crippen LogP contribution >= 0.6 is 11.8 Å². The SMILES string of the molecule is CC(C)CCn1c(=O)c2c(nc(SCC(=O)c3ccc(F)cc3)n2C)n(C)c1=O. The number of thioether (sulfide) groups is 1. The zero-order valence-corrected chi connectivity index (χ0v) is 17.6. The van der Waals surface area contributed by atoms with E-state index in [4.69, 9.17) is 0 Å². The highest BCUT2D eigenvalue weighted by molar-refractivity contribution is 7.99. The summed E-state index contributed by atoms with van der Waals surface area (Å²) in [5.74, 6) is -0.139. The van der Waals surface area contributed by atoms with Crippen molar-refractivity contribution in [2.75, 3.05) is 5.75 Å². The normalized spacial score (nSPS) is 11.5. The third-order valence-electron chi connectivity index (χ3n) is 4.75. The molecule has 9 heteroatoms. The maximum atomic E-state index is 13.0. The number of fused-ring (bicyclic) bond motifs is 1. The van der Waals surface area contributed by atoms with Crippen molar-refractivity contribution in [2.24, 2.45) is 20.0 Å². The fourth-order valence-electron chi connectivity index (χ4n) is 2.99. The first-order valence-corrected chi connectivity index (χ1v) is 10.3. The molecular weight excluding hydrogens is 395 g/mol. The number of aryl methyl sites for hydroxylation is 2. The van der Waals surface area contributed by atoms with E-state index < -0.39 is 11.5 Å².